The zero-order valence-electron chi connectivity index (χ0n) is 13.6. The number of phenolic OH excluding ortho intramolecular Hbond substituents is 1. The highest BCUT2D eigenvalue weighted by Gasteiger charge is 2.28. The maximum absolute atomic E-state index is 12.1. The van der Waals surface area contributed by atoms with Gasteiger partial charge in [0.1, 0.15) is 24.7 Å². The number of benzene rings is 2. The Morgan fingerprint density at radius 2 is 1.59 bits per heavy atom. The summed E-state index contributed by atoms with van der Waals surface area (Å²) in [5.74, 6) is -0.697. The van der Waals surface area contributed by atoms with Gasteiger partial charge in [-0.2, -0.15) is 13.2 Å². The van der Waals surface area contributed by atoms with Crippen LogP contribution in [0, 0.1) is 0 Å². The van der Waals surface area contributed by atoms with E-state index in [1.54, 1.807) is 0 Å². The Morgan fingerprint density at radius 1 is 1.00 bits per heavy atom. The first-order valence-electron chi connectivity index (χ1n) is 7.43. The van der Waals surface area contributed by atoms with Crippen LogP contribution in [0.5, 0.6) is 17.2 Å². The standard InChI is InChI=1S/C17H13Cl2F3O5/c18-13-7-11(23)8-14(19)15(13)25-5-6-26-16(24)10-1-3-12(4-2-10)27-9-17(20,21)22/h1-4,7-8,23H,5-6,9H2. The summed E-state index contributed by atoms with van der Waals surface area (Å²) in [6.07, 6.45) is -4.44. The molecule has 1 N–H and O–H groups in total. The Morgan fingerprint density at radius 3 is 2.15 bits per heavy atom. The highest BCUT2D eigenvalue weighted by Crippen LogP contribution is 2.36. The van der Waals surface area contributed by atoms with E-state index in [0.29, 0.717) is 0 Å². The van der Waals surface area contributed by atoms with Gasteiger partial charge in [0.2, 0.25) is 0 Å². The summed E-state index contributed by atoms with van der Waals surface area (Å²) in [4.78, 5) is 11.9. The Labute approximate surface area is 162 Å². The van der Waals surface area contributed by atoms with Crippen LogP contribution in [0.1, 0.15) is 10.4 Å². The molecule has 146 valence electrons. The minimum atomic E-state index is -4.44. The number of halogens is 5. The first kappa shape index (κ1) is 21.0. The van der Waals surface area contributed by atoms with Gasteiger partial charge in [-0.25, -0.2) is 4.79 Å². The SMILES string of the molecule is O=C(OCCOc1c(Cl)cc(O)cc1Cl)c1ccc(OCC(F)(F)F)cc1. The number of carbonyl (C=O) groups excluding carboxylic acids is 1. The highest BCUT2D eigenvalue weighted by atomic mass is 35.5. The van der Waals surface area contributed by atoms with E-state index >= 15 is 0 Å². The number of phenols is 1. The fourth-order valence-corrected chi connectivity index (χ4v) is 2.48. The van der Waals surface area contributed by atoms with E-state index in [2.05, 4.69) is 4.74 Å². The summed E-state index contributed by atoms with van der Waals surface area (Å²) in [5.41, 5.74) is 0.134. The van der Waals surface area contributed by atoms with Crippen LogP contribution >= 0.6 is 23.2 Å². The lowest BCUT2D eigenvalue weighted by Gasteiger charge is -2.11. The third-order valence-electron chi connectivity index (χ3n) is 3.04. The quantitative estimate of drug-likeness (QED) is 0.506. The maximum atomic E-state index is 12.1. The molecule has 0 amide bonds. The fourth-order valence-electron chi connectivity index (χ4n) is 1.90. The highest BCUT2D eigenvalue weighted by molar-refractivity contribution is 6.37. The number of carbonyl (C=O) groups is 1. The molecule has 2 aromatic rings. The van der Waals surface area contributed by atoms with E-state index < -0.39 is 18.8 Å². The Bertz CT molecular complexity index is 771. The van der Waals surface area contributed by atoms with Crippen molar-refractivity contribution in [2.75, 3.05) is 19.8 Å². The van der Waals surface area contributed by atoms with E-state index in [0.717, 1.165) is 0 Å². The third-order valence-corrected chi connectivity index (χ3v) is 3.60. The van der Waals surface area contributed by atoms with Gasteiger partial charge in [0.05, 0.1) is 15.6 Å². The molecule has 0 spiro atoms. The third kappa shape index (κ3) is 6.73. The number of ether oxygens (including phenoxy) is 3. The summed E-state index contributed by atoms with van der Waals surface area (Å²) < 4.78 is 51.1. The lowest BCUT2D eigenvalue weighted by atomic mass is 10.2. The van der Waals surface area contributed by atoms with Crippen LogP contribution in [-0.4, -0.2) is 37.1 Å². The van der Waals surface area contributed by atoms with Crippen molar-refractivity contribution in [1.82, 2.24) is 0 Å². The molecule has 0 saturated carbocycles. The molecule has 5 nitrogen and oxygen atoms in total. The lowest BCUT2D eigenvalue weighted by Crippen LogP contribution is -2.19. The minimum absolute atomic E-state index is 0.0242. The first-order valence-corrected chi connectivity index (χ1v) is 8.19. The topological polar surface area (TPSA) is 65.0 Å². The molecule has 0 unspecified atom stereocenters. The predicted octanol–water partition coefficient (Wildman–Crippen LogP) is 4.88. The van der Waals surface area contributed by atoms with Crippen molar-refractivity contribution in [3.63, 3.8) is 0 Å². The van der Waals surface area contributed by atoms with Crippen LogP contribution in [-0.2, 0) is 4.74 Å². The van der Waals surface area contributed by atoms with Gasteiger partial charge in [0, 0.05) is 12.1 Å². The van der Waals surface area contributed by atoms with Crippen molar-refractivity contribution in [3.05, 3.63) is 52.0 Å². The Hall–Kier alpha value is -2.32. The van der Waals surface area contributed by atoms with Gasteiger partial charge in [0.25, 0.3) is 0 Å². The summed E-state index contributed by atoms with van der Waals surface area (Å²) in [7, 11) is 0. The average Bonchev–Trinajstić information content (AvgIpc) is 2.58. The summed E-state index contributed by atoms with van der Waals surface area (Å²) in [5, 5.41) is 9.52. The molecule has 0 atom stereocenters. The van der Waals surface area contributed by atoms with Gasteiger partial charge in [-0.1, -0.05) is 23.2 Å². The molecule has 0 aliphatic heterocycles. The number of hydrogen-bond donors (Lipinski definition) is 1. The Kier molecular flexibility index (Phi) is 7.04. The van der Waals surface area contributed by atoms with Crippen molar-refractivity contribution in [1.29, 1.82) is 0 Å². The zero-order chi connectivity index (χ0) is 20.0. The van der Waals surface area contributed by atoms with E-state index in [1.165, 1.54) is 36.4 Å². The molecule has 0 aliphatic rings. The van der Waals surface area contributed by atoms with Crippen LogP contribution in [0.4, 0.5) is 13.2 Å². The van der Waals surface area contributed by atoms with Crippen LogP contribution in [0.2, 0.25) is 10.0 Å². The lowest BCUT2D eigenvalue weighted by molar-refractivity contribution is -0.153. The van der Waals surface area contributed by atoms with Gasteiger partial charge >= 0.3 is 12.1 Å². The fraction of sp³-hybridized carbons (Fsp3) is 0.235. The summed E-state index contributed by atoms with van der Waals surface area (Å²) >= 11 is 11.8. The van der Waals surface area contributed by atoms with Gasteiger partial charge in [0.15, 0.2) is 12.4 Å². The minimum Gasteiger partial charge on any atom is -0.508 e. The number of alkyl halides is 3. The van der Waals surface area contributed by atoms with Gasteiger partial charge < -0.3 is 19.3 Å². The predicted molar refractivity (Wildman–Crippen MR) is 91.9 cm³/mol. The smallest absolute Gasteiger partial charge is 0.422 e. The van der Waals surface area contributed by atoms with Crippen LogP contribution < -0.4 is 9.47 Å². The van der Waals surface area contributed by atoms with Gasteiger partial charge in [-0.3, -0.25) is 0 Å². The molecule has 2 aromatic carbocycles. The van der Waals surface area contributed by atoms with Crippen molar-refractivity contribution >= 4 is 29.2 Å². The normalized spacial score (nSPS) is 11.1. The number of rotatable bonds is 7. The molecule has 27 heavy (non-hydrogen) atoms. The largest absolute Gasteiger partial charge is 0.508 e. The van der Waals surface area contributed by atoms with Crippen LogP contribution in [0.25, 0.3) is 0 Å². The monoisotopic (exact) mass is 424 g/mol. The molecule has 0 aliphatic carbocycles. The zero-order valence-corrected chi connectivity index (χ0v) is 15.1. The number of aromatic hydroxyl groups is 1. The van der Waals surface area contributed by atoms with Crippen LogP contribution in [0.3, 0.4) is 0 Å². The van der Waals surface area contributed by atoms with Crippen molar-refractivity contribution < 1.29 is 37.3 Å². The average molecular weight is 425 g/mol. The summed E-state index contributed by atoms with van der Waals surface area (Å²) in [6.45, 7) is -1.60. The molecular formula is C17H13Cl2F3O5. The second-order valence-electron chi connectivity index (χ2n) is 5.15. The van der Waals surface area contributed by atoms with Gasteiger partial charge in [-0.15, -0.1) is 0 Å². The second-order valence-corrected chi connectivity index (χ2v) is 5.97. The molecule has 2 rings (SSSR count). The first-order chi connectivity index (χ1) is 12.7. The van der Waals surface area contributed by atoms with Crippen molar-refractivity contribution in [2.45, 2.75) is 6.18 Å². The molecule has 0 fully saturated rings. The molecule has 0 saturated heterocycles. The number of esters is 1. The second kappa shape index (κ2) is 9.05. The van der Waals surface area contributed by atoms with Crippen LogP contribution in [0.15, 0.2) is 36.4 Å². The summed E-state index contributed by atoms with van der Waals surface area (Å²) in [6, 6.07) is 7.52. The molecule has 0 bridgehead atoms. The Balaban J connectivity index is 1.81. The van der Waals surface area contributed by atoms with Crippen molar-refractivity contribution in [2.24, 2.45) is 0 Å². The molecule has 0 heterocycles. The molecule has 0 aromatic heterocycles. The van der Waals surface area contributed by atoms with E-state index in [1.807, 2.05) is 0 Å². The molecule has 10 heteroatoms. The maximum Gasteiger partial charge on any atom is 0.422 e. The molecular weight excluding hydrogens is 412 g/mol. The molecule has 0 radical (unpaired) electrons. The number of hydrogen-bond acceptors (Lipinski definition) is 5. The van der Waals surface area contributed by atoms with Gasteiger partial charge in [-0.05, 0) is 24.3 Å². The van der Waals surface area contributed by atoms with Crippen molar-refractivity contribution in [3.8, 4) is 17.2 Å². The van der Waals surface area contributed by atoms with E-state index in [4.69, 9.17) is 32.7 Å². The van der Waals surface area contributed by atoms with E-state index in [9.17, 15) is 23.1 Å². The van der Waals surface area contributed by atoms with E-state index in [-0.39, 0.29) is 46.1 Å².